The first kappa shape index (κ1) is 21.4. The fourth-order valence-electron chi connectivity index (χ4n) is 4.15. The summed E-state index contributed by atoms with van der Waals surface area (Å²) in [5.74, 6) is 0.726. The van der Waals surface area contributed by atoms with Gasteiger partial charge in [-0.1, -0.05) is 36.4 Å². The van der Waals surface area contributed by atoms with Crippen LogP contribution in [0, 0.1) is 0 Å². The van der Waals surface area contributed by atoms with Crippen LogP contribution < -0.4 is 10.1 Å². The van der Waals surface area contributed by atoms with Crippen LogP contribution in [0.2, 0.25) is 0 Å². The molecule has 6 heteroatoms. The molecule has 2 heterocycles. The molecule has 0 aliphatic carbocycles. The molecule has 2 aromatic carbocycles. The maximum Gasteiger partial charge on any atom is 0.267 e. The second-order valence-electron chi connectivity index (χ2n) is 7.94. The largest absolute Gasteiger partial charge is 0.488 e. The molecule has 1 aliphatic rings. The number of rotatable bonds is 10. The van der Waals surface area contributed by atoms with Crippen molar-refractivity contribution in [2.75, 3.05) is 39.9 Å². The number of carbonyl (C=O) groups is 1. The molecule has 4 rings (SSSR count). The zero-order valence-electron chi connectivity index (χ0n) is 18.2. The van der Waals surface area contributed by atoms with Crippen molar-refractivity contribution in [2.45, 2.75) is 26.0 Å². The Morgan fingerprint density at radius 2 is 1.84 bits per heavy atom. The van der Waals surface area contributed by atoms with Gasteiger partial charge in [0, 0.05) is 32.1 Å². The molecule has 1 amide bonds. The van der Waals surface area contributed by atoms with E-state index < -0.39 is 0 Å². The molecule has 0 bridgehead atoms. The van der Waals surface area contributed by atoms with Gasteiger partial charge >= 0.3 is 0 Å². The topological polar surface area (TPSA) is 55.7 Å². The average molecular weight is 422 g/mol. The van der Waals surface area contributed by atoms with Gasteiger partial charge in [0.15, 0.2) is 0 Å². The molecule has 1 N–H and O–H groups in total. The summed E-state index contributed by atoms with van der Waals surface area (Å²) in [5.41, 5.74) is 2.73. The molecule has 1 aromatic heterocycles. The highest BCUT2D eigenvalue weighted by molar-refractivity contribution is 6.00. The van der Waals surface area contributed by atoms with Gasteiger partial charge < -0.3 is 24.3 Å². The van der Waals surface area contributed by atoms with Gasteiger partial charge in [-0.25, -0.2) is 0 Å². The molecule has 1 saturated heterocycles. The third-order valence-electron chi connectivity index (χ3n) is 5.81. The Morgan fingerprint density at radius 1 is 1.03 bits per heavy atom. The molecule has 0 radical (unpaired) electrons. The minimum Gasteiger partial charge on any atom is -0.488 e. The zero-order chi connectivity index (χ0) is 21.5. The third kappa shape index (κ3) is 5.27. The Labute approximate surface area is 183 Å². The van der Waals surface area contributed by atoms with E-state index in [9.17, 15) is 4.79 Å². The third-order valence-corrected chi connectivity index (χ3v) is 5.81. The number of amides is 1. The smallest absolute Gasteiger partial charge is 0.267 e. The number of carbonyl (C=O) groups excluding carboxylic acids is 1. The van der Waals surface area contributed by atoms with E-state index in [1.165, 1.54) is 12.8 Å². The van der Waals surface area contributed by atoms with Crippen molar-refractivity contribution < 1.29 is 14.3 Å². The first-order valence-corrected chi connectivity index (χ1v) is 11.0. The highest BCUT2D eigenvalue weighted by Gasteiger charge is 2.18. The molecule has 0 unspecified atom stereocenters. The lowest BCUT2D eigenvalue weighted by Gasteiger charge is -2.15. The molecule has 0 saturated carbocycles. The van der Waals surface area contributed by atoms with Crippen LogP contribution in [0.5, 0.6) is 5.75 Å². The van der Waals surface area contributed by atoms with E-state index in [4.69, 9.17) is 9.47 Å². The van der Waals surface area contributed by atoms with Crippen molar-refractivity contribution in [2.24, 2.45) is 0 Å². The number of hydrogen-bond acceptors (Lipinski definition) is 4. The quantitative estimate of drug-likeness (QED) is 0.542. The molecule has 0 atom stereocenters. The van der Waals surface area contributed by atoms with Gasteiger partial charge in [-0.15, -0.1) is 0 Å². The Kier molecular flexibility index (Phi) is 7.22. The van der Waals surface area contributed by atoms with Gasteiger partial charge in [0.25, 0.3) is 5.91 Å². The number of ether oxygens (including phenoxy) is 2. The average Bonchev–Trinajstić information content (AvgIpc) is 3.45. The number of nitrogens with one attached hydrogen (secondary N) is 1. The standard InChI is InChI=1S/C25H31N3O3/c1-30-17-16-28-22-10-7-11-24(31-19-20-8-3-2-4-9-20)21(22)18-23(28)25(29)26-12-15-27-13-5-6-14-27/h2-4,7-11,18H,5-6,12-17,19H2,1H3,(H,26,29). The van der Waals surface area contributed by atoms with Crippen LogP contribution in [0.3, 0.4) is 0 Å². The highest BCUT2D eigenvalue weighted by Crippen LogP contribution is 2.30. The number of fused-ring (bicyclic) bond motifs is 1. The van der Waals surface area contributed by atoms with E-state index in [1.807, 2.05) is 59.2 Å². The van der Waals surface area contributed by atoms with E-state index in [2.05, 4.69) is 10.2 Å². The van der Waals surface area contributed by atoms with Gasteiger partial charge in [-0.05, 0) is 49.7 Å². The summed E-state index contributed by atoms with van der Waals surface area (Å²) < 4.78 is 13.4. The van der Waals surface area contributed by atoms with Crippen LogP contribution in [0.1, 0.15) is 28.9 Å². The Morgan fingerprint density at radius 3 is 2.61 bits per heavy atom. The van der Waals surface area contributed by atoms with Crippen molar-refractivity contribution >= 4 is 16.8 Å². The number of nitrogens with zero attached hydrogens (tertiary/aromatic N) is 2. The zero-order valence-corrected chi connectivity index (χ0v) is 18.2. The minimum absolute atomic E-state index is 0.0551. The molecule has 1 fully saturated rings. The number of hydrogen-bond donors (Lipinski definition) is 1. The van der Waals surface area contributed by atoms with Crippen LogP contribution in [-0.4, -0.2) is 55.3 Å². The Hall–Kier alpha value is -2.83. The van der Waals surface area contributed by atoms with E-state index in [-0.39, 0.29) is 5.91 Å². The maximum atomic E-state index is 13.0. The lowest BCUT2D eigenvalue weighted by atomic mass is 10.2. The monoisotopic (exact) mass is 421 g/mol. The second kappa shape index (κ2) is 10.5. The van der Waals surface area contributed by atoms with Crippen molar-refractivity contribution in [1.82, 2.24) is 14.8 Å². The highest BCUT2D eigenvalue weighted by atomic mass is 16.5. The van der Waals surface area contributed by atoms with Crippen LogP contribution in [0.4, 0.5) is 0 Å². The Balaban J connectivity index is 1.53. The summed E-state index contributed by atoms with van der Waals surface area (Å²) in [6, 6.07) is 18.0. The molecule has 164 valence electrons. The first-order valence-electron chi connectivity index (χ1n) is 11.0. The Bertz CT molecular complexity index is 994. The lowest BCUT2D eigenvalue weighted by Crippen LogP contribution is -2.34. The van der Waals surface area contributed by atoms with Crippen molar-refractivity contribution in [1.29, 1.82) is 0 Å². The molecular weight excluding hydrogens is 390 g/mol. The van der Waals surface area contributed by atoms with E-state index in [1.54, 1.807) is 7.11 Å². The first-order chi connectivity index (χ1) is 15.3. The summed E-state index contributed by atoms with van der Waals surface area (Å²) in [7, 11) is 1.68. The van der Waals surface area contributed by atoms with Crippen LogP contribution in [0.25, 0.3) is 10.9 Å². The van der Waals surface area contributed by atoms with Gasteiger partial charge in [0.1, 0.15) is 18.1 Å². The summed E-state index contributed by atoms with van der Waals surface area (Å²) in [6.07, 6.45) is 2.51. The van der Waals surface area contributed by atoms with Crippen molar-refractivity contribution in [3.05, 3.63) is 65.9 Å². The molecule has 1 aliphatic heterocycles. The van der Waals surface area contributed by atoms with Gasteiger partial charge in [0.2, 0.25) is 0 Å². The second-order valence-corrected chi connectivity index (χ2v) is 7.94. The summed E-state index contributed by atoms with van der Waals surface area (Å²) >= 11 is 0. The van der Waals surface area contributed by atoms with Crippen molar-refractivity contribution in [3.8, 4) is 5.75 Å². The molecule has 0 spiro atoms. The number of likely N-dealkylation sites (tertiary alicyclic amines) is 1. The normalized spacial score (nSPS) is 14.2. The number of benzene rings is 2. The van der Waals surface area contributed by atoms with E-state index in [0.29, 0.717) is 32.0 Å². The van der Waals surface area contributed by atoms with Crippen LogP contribution in [-0.2, 0) is 17.9 Å². The van der Waals surface area contributed by atoms with Gasteiger partial charge in [-0.2, -0.15) is 0 Å². The fraction of sp³-hybridized carbons (Fsp3) is 0.400. The van der Waals surface area contributed by atoms with Crippen LogP contribution in [0.15, 0.2) is 54.6 Å². The number of aromatic nitrogens is 1. The minimum atomic E-state index is -0.0551. The molecule has 3 aromatic rings. The van der Waals surface area contributed by atoms with E-state index >= 15 is 0 Å². The predicted octanol–water partition coefficient (Wildman–Crippen LogP) is 3.69. The van der Waals surface area contributed by atoms with E-state index in [0.717, 1.165) is 41.9 Å². The predicted molar refractivity (Wildman–Crippen MR) is 123 cm³/mol. The summed E-state index contributed by atoms with van der Waals surface area (Å²) in [4.78, 5) is 15.4. The van der Waals surface area contributed by atoms with Crippen molar-refractivity contribution in [3.63, 3.8) is 0 Å². The van der Waals surface area contributed by atoms with Gasteiger partial charge in [0.05, 0.1) is 12.1 Å². The maximum absolute atomic E-state index is 13.0. The fourth-order valence-corrected chi connectivity index (χ4v) is 4.15. The van der Waals surface area contributed by atoms with Gasteiger partial charge in [-0.3, -0.25) is 4.79 Å². The molecule has 6 nitrogen and oxygen atoms in total. The SMILES string of the molecule is COCCn1c(C(=O)NCCN2CCCC2)cc2c(OCc3ccccc3)cccc21. The summed E-state index contributed by atoms with van der Waals surface area (Å²) in [6.45, 7) is 5.44. The summed E-state index contributed by atoms with van der Waals surface area (Å²) in [5, 5.41) is 4.04. The van der Waals surface area contributed by atoms with Crippen LogP contribution >= 0.6 is 0 Å². The molecular formula is C25H31N3O3. The number of methoxy groups -OCH3 is 1. The lowest BCUT2D eigenvalue weighted by molar-refractivity contribution is 0.0938. The molecule has 31 heavy (non-hydrogen) atoms.